The van der Waals surface area contributed by atoms with E-state index in [-0.39, 0.29) is 5.78 Å². The highest BCUT2D eigenvalue weighted by molar-refractivity contribution is 6.01. The van der Waals surface area contributed by atoms with Gasteiger partial charge < -0.3 is 11.1 Å². The second-order valence-corrected chi connectivity index (χ2v) is 6.38. The summed E-state index contributed by atoms with van der Waals surface area (Å²) in [7, 11) is 0. The van der Waals surface area contributed by atoms with E-state index in [2.05, 4.69) is 36.5 Å². The monoisotopic (exact) mass is 330 g/mol. The molecule has 0 atom stereocenters. The van der Waals surface area contributed by atoms with Crippen LogP contribution in [0.15, 0.2) is 60.7 Å². The van der Waals surface area contributed by atoms with Crippen molar-refractivity contribution in [3.05, 3.63) is 77.4 Å². The molecule has 126 valence electrons. The molecule has 0 radical (unpaired) electrons. The van der Waals surface area contributed by atoms with Crippen LogP contribution in [-0.2, 0) is 0 Å². The van der Waals surface area contributed by atoms with Gasteiger partial charge >= 0.3 is 0 Å². The summed E-state index contributed by atoms with van der Waals surface area (Å²) in [4.78, 5) is 12.2. The Kier molecular flexibility index (Phi) is 4.57. The largest absolute Gasteiger partial charge is 0.399 e. The van der Waals surface area contributed by atoms with E-state index in [1.54, 1.807) is 6.92 Å². The van der Waals surface area contributed by atoms with Crippen molar-refractivity contribution in [3.63, 3.8) is 0 Å². The number of Topliss-reactive ketones (excluding diaryl/α,β-unsaturated/α-hetero) is 1. The van der Waals surface area contributed by atoms with Crippen molar-refractivity contribution in [3.8, 4) is 11.1 Å². The molecule has 25 heavy (non-hydrogen) atoms. The summed E-state index contributed by atoms with van der Waals surface area (Å²) < 4.78 is 0. The van der Waals surface area contributed by atoms with Crippen molar-refractivity contribution in [1.29, 1.82) is 0 Å². The maximum Gasteiger partial charge on any atom is 0.161 e. The molecule has 0 aliphatic heterocycles. The predicted molar refractivity (Wildman–Crippen MR) is 105 cm³/mol. The van der Waals surface area contributed by atoms with E-state index in [1.807, 2.05) is 43.3 Å². The topological polar surface area (TPSA) is 55.1 Å². The van der Waals surface area contributed by atoms with Gasteiger partial charge in [-0.1, -0.05) is 35.9 Å². The number of hydrogen-bond acceptors (Lipinski definition) is 3. The summed E-state index contributed by atoms with van der Waals surface area (Å²) in [6.45, 7) is 5.65. The van der Waals surface area contributed by atoms with Gasteiger partial charge in [0, 0.05) is 22.6 Å². The number of nitrogens with one attached hydrogen (secondary N) is 1. The second-order valence-electron chi connectivity index (χ2n) is 6.38. The van der Waals surface area contributed by atoms with E-state index in [9.17, 15) is 4.79 Å². The molecule has 0 aromatic heterocycles. The van der Waals surface area contributed by atoms with E-state index < -0.39 is 0 Å². The number of benzene rings is 3. The Hall–Kier alpha value is -3.07. The molecule has 3 aromatic rings. The van der Waals surface area contributed by atoms with Crippen molar-refractivity contribution in [2.24, 2.45) is 0 Å². The van der Waals surface area contributed by atoms with Crippen LogP contribution in [0.4, 0.5) is 17.1 Å². The fourth-order valence-corrected chi connectivity index (χ4v) is 2.84. The Bertz CT molecular complexity index is 927. The highest BCUT2D eigenvalue weighted by atomic mass is 16.1. The van der Waals surface area contributed by atoms with Crippen molar-refractivity contribution in [2.75, 3.05) is 11.1 Å². The first-order valence-corrected chi connectivity index (χ1v) is 8.29. The van der Waals surface area contributed by atoms with Crippen molar-refractivity contribution < 1.29 is 4.79 Å². The lowest BCUT2D eigenvalue weighted by atomic mass is 9.99. The molecule has 0 fully saturated rings. The molecule has 0 amide bonds. The van der Waals surface area contributed by atoms with Gasteiger partial charge in [-0.15, -0.1) is 0 Å². The molecule has 0 bridgehead atoms. The number of carbonyl (C=O) groups is 1. The standard InChI is InChI=1S/C22H22N2O/c1-14-4-6-17(7-5-14)18-8-10-22(20(13-18)16(3)25)24-21-11-9-19(23)12-15(21)2/h4-13,24H,23H2,1-3H3. The average molecular weight is 330 g/mol. The molecular weight excluding hydrogens is 308 g/mol. The van der Waals surface area contributed by atoms with Crippen LogP contribution in [0.25, 0.3) is 11.1 Å². The summed E-state index contributed by atoms with van der Waals surface area (Å²) >= 11 is 0. The lowest BCUT2D eigenvalue weighted by Crippen LogP contribution is -2.02. The molecule has 3 heteroatoms. The minimum absolute atomic E-state index is 0.0320. The minimum atomic E-state index is 0.0320. The zero-order valence-electron chi connectivity index (χ0n) is 14.8. The van der Waals surface area contributed by atoms with Crippen LogP contribution < -0.4 is 11.1 Å². The molecule has 0 saturated heterocycles. The van der Waals surface area contributed by atoms with E-state index >= 15 is 0 Å². The quantitative estimate of drug-likeness (QED) is 0.490. The lowest BCUT2D eigenvalue weighted by Gasteiger charge is -2.14. The molecule has 3 rings (SSSR count). The fourth-order valence-electron chi connectivity index (χ4n) is 2.84. The molecule has 3 N–H and O–H groups in total. The Morgan fingerprint density at radius 1 is 0.840 bits per heavy atom. The van der Waals surface area contributed by atoms with Crippen molar-refractivity contribution in [2.45, 2.75) is 20.8 Å². The highest BCUT2D eigenvalue weighted by Crippen LogP contribution is 2.29. The van der Waals surface area contributed by atoms with Gasteiger partial charge in [0.2, 0.25) is 0 Å². The molecule has 0 heterocycles. The SMILES string of the molecule is CC(=O)c1cc(-c2ccc(C)cc2)ccc1Nc1ccc(N)cc1C. The first-order chi connectivity index (χ1) is 11.9. The van der Waals surface area contributed by atoms with Gasteiger partial charge in [0.15, 0.2) is 5.78 Å². The zero-order valence-corrected chi connectivity index (χ0v) is 14.8. The molecule has 3 nitrogen and oxygen atoms in total. The van der Waals surface area contributed by atoms with Gasteiger partial charge in [0.25, 0.3) is 0 Å². The number of aryl methyl sites for hydroxylation is 2. The van der Waals surface area contributed by atoms with Crippen LogP contribution in [0.1, 0.15) is 28.4 Å². The van der Waals surface area contributed by atoms with Gasteiger partial charge in [-0.05, 0) is 67.8 Å². The zero-order chi connectivity index (χ0) is 18.0. The molecule has 0 aliphatic rings. The normalized spacial score (nSPS) is 10.5. The van der Waals surface area contributed by atoms with Gasteiger partial charge in [0.05, 0.1) is 0 Å². The number of carbonyl (C=O) groups excluding carboxylic acids is 1. The third kappa shape index (κ3) is 3.72. The van der Waals surface area contributed by atoms with E-state index in [0.717, 1.165) is 33.8 Å². The number of rotatable bonds is 4. The maximum atomic E-state index is 12.2. The van der Waals surface area contributed by atoms with Gasteiger partial charge in [-0.25, -0.2) is 0 Å². The lowest BCUT2D eigenvalue weighted by molar-refractivity contribution is 0.101. The number of anilines is 3. The Morgan fingerprint density at radius 2 is 1.48 bits per heavy atom. The predicted octanol–water partition coefficient (Wildman–Crippen LogP) is 5.50. The Labute approximate surface area is 148 Å². The van der Waals surface area contributed by atoms with E-state index in [1.165, 1.54) is 5.56 Å². The van der Waals surface area contributed by atoms with Crippen molar-refractivity contribution in [1.82, 2.24) is 0 Å². The summed E-state index contributed by atoms with van der Waals surface area (Å²) in [5, 5.41) is 3.36. The highest BCUT2D eigenvalue weighted by Gasteiger charge is 2.11. The summed E-state index contributed by atoms with van der Waals surface area (Å²) in [5.74, 6) is 0.0320. The number of nitrogen functional groups attached to an aromatic ring is 1. The maximum absolute atomic E-state index is 12.2. The summed E-state index contributed by atoms with van der Waals surface area (Å²) in [6.07, 6.45) is 0. The minimum Gasteiger partial charge on any atom is -0.399 e. The van der Waals surface area contributed by atoms with Crippen molar-refractivity contribution >= 4 is 22.8 Å². The van der Waals surface area contributed by atoms with Crippen LogP contribution >= 0.6 is 0 Å². The average Bonchev–Trinajstić information content (AvgIpc) is 2.58. The third-order valence-electron chi connectivity index (χ3n) is 4.30. The summed E-state index contributed by atoms with van der Waals surface area (Å²) in [5.41, 5.74) is 13.3. The third-order valence-corrected chi connectivity index (χ3v) is 4.30. The van der Waals surface area contributed by atoms with Crippen LogP contribution in [0.5, 0.6) is 0 Å². The molecular formula is C22H22N2O. The Balaban J connectivity index is 1.99. The van der Waals surface area contributed by atoms with Gasteiger partial charge in [-0.3, -0.25) is 4.79 Å². The fraction of sp³-hybridized carbons (Fsp3) is 0.136. The molecule has 3 aromatic carbocycles. The number of nitrogens with two attached hydrogens (primary N) is 1. The smallest absolute Gasteiger partial charge is 0.161 e. The molecule has 0 saturated carbocycles. The van der Waals surface area contributed by atoms with Crippen LogP contribution in [0.2, 0.25) is 0 Å². The number of hydrogen-bond donors (Lipinski definition) is 2. The summed E-state index contributed by atoms with van der Waals surface area (Å²) in [6, 6.07) is 19.9. The molecule has 0 unspecified atom stereocenters. The van der Waals surface area contributed by atoms with Gasteiger partial charge in [-0.2, -0.15) is 0 Å². The van der Waals surface area contributed by atoms with Crippen LogP contribution in [0, 0.1) is 13.8 Å². The Morgan fingerprint density at radius 3 is 2.12 bits per heavy atom. The second kappa shape index (κ2) is 6.81. The van der Waals surface area contributed by atoms with Gasteiger partial charge in [0.1, 0.15) is 0 Å². The molecule has 0 spiro atoms. The van der Waals surface area contributed by atoms with E-state index in [4.69, 9.17) is 5.73 Å². The molecule has 0 aliphatic carbocycles. The first kappa shape index (κ1) is 16.8. The van der Waals surface area contributed by atoms with Crippen LogP contribution in [0.3, 0.4) is 0 Å². The first-order valence-electron chi connectivity index (χ1n) is 8.29. The number of ketones is 1. The van der Waals surface area contributed by atoms with E-state index in [0.29, 0.717) is 5.56 Å². The van der Waals surface area contributed by atoms with Crippen LogP contribution in [-0.4, -0.2) is 5.78 Å².